The molecule has 3 rings (SSSR count). The topological polar surface area (TPSA) is 53.1 Å². The zero-order chi connectivity index (χ0) is 14.8. The van der Waals surface area contributed by atoms with Crippen molar-refractivity contribution < 1.29 is 9.13 Å². The molecule has 0 bridgehead atoms. The number of benzene rings is 1. The van der Waals surface area contributed by atoms with Crippen LogP contribution in [0.3, 0.4) is 0 Å². The van der Waals surface area contributed by atoms with Gasteiger partial charge in [0.1, 0.15) is 17.7 Å². The number of aromatic nitrogens is 2. The summed E-state index contributed by atoms with van der Waals surface area (Å²) < 4.78 is 21.0. The average molecular weight is 289 g/mol. The summed E-state index contributed by atoms with van der Waals surface area (Å²) in [5.74, 6) is 0.575. The molecule has 1 aliphatic rings. The molecule has 2 aromatic rings. The molecule has 1 aliphatic heterocycles. The Balaban J connectivity index is 1.61. The minimum Gasteiger partial charge on any atom is -0.488 e. The van der Waals surface area contributed by atoms with Crippen LogP contribution in [0.2, 0.25) is 0 Å². The predicted molar refractivity (Wildman–Crippen MR) is 78.7 cm³/mol. The van der Waals surface area contributed by atoms with Crippen molar-refractivity contribution in [2.75, 3.05) is 0 Å². The standard InChI is InChI=1S/C16H20FN3O/c1-2-13(18)7-14-8-20(10-19-14)9-15-6-11-5-12(17)3-4-16(11)21-15/h3-5,8,10,13,15H,2,6-7,9,18H2,1H3. The van der Waals surface area contributed by atoms with Gasteiger partial charge in [0.15, 0.2) is 0 Å². The molecule has 2 unspecified atom stereocenters. The van der Waals surface area contributed by atoms with E-state index >= 15 is 0 Å². The second kappa shape index (κ2) is 5.85. The van der Waals surface area contributed by atoms with Crippen molar-refractivity contribution in [1.29, 1.82) is 0 Å². The Kier molecular flexibility index (Phi) is 3.92. The van der Waals surface area contributed by atoms with Crippen LogP contribution < -0.4 is 10.5 Å². The lowest BCUT2D eigenvalue weighted by atomic mass is 10.1. The Morgan fingerprint density at radius 2 is 2.38 bits per heavy atom. The second-order valence-electron chi connectivity index (χ2n) is 5.63. The molecule has 0 amide bonds. The molecule has 0 saturated carbocycles. The molecule has 0 aliphatic carbocycles. The van der Waals surface area contributed by atoms with Crippen LogP contribution in [-0.2, 0) is 19.4 Å². The minimum absolute atomic E-state index is 0.0312. The van der Waals surface area contributed by atoms with Gasteiger partial charge >= 0.3 is 0 Å². The fraction of sp³-hybridized carbons (Fsp3) is 0.438. The SMILES string of the molecule is CCC(N)Cc1cn(CC2Cc3cc(F)ccc3O2)cn1. The molecular formula is C16H20FN3O. The molecule has 1 aromatic heterocycles. The van der Waals surface area contributed by atoms with Gasteiger partial charge in [-0.25, -0.2) is 9.37 Å². The quantitative estimate of drug-likeness (QED) is 0.919. The number of nitrogens with two attached hydrogens (primary N) is 1. The van der Waals surface area contributed by atoms with E-state index in [2.05, 4.69) is 11.9 Å². The van der Waals surface area contributed by atoms with E-state index in [1.165, 1.54) is 6.07 Å². The number of fused-ring (bicyclic) bond motifs is 1. The van der Waals surface area contributed by atoms with E-state index in [4.69, 9.17) is 10.5 Å². The Labute approximate surface area is 123 Å². The number of rotatable bonds is 5. The minimum atomic E-state index is -0.212. The van der Waals surface area contributed by atoms with Gasteiger partial charge < -0.3 is 15.0 Å². The zero-order valence-corrected chi connectivity index (χ0v) is 12.1. The lowest BCUT2D eigenvalue weighted by Gasteiger charge is -2.11. The largest absolute Gasteiger partial charge is 0.488 e. The van der Waals surface area contributed by atoms with Crippen LogP contribution in [-0.4, -0.2) is 21.7 Å². The Morgan fingerprint density at radius 3 is 3.19 bits per heavy atom. The number of imidazole rings is 1. The molecule has 2 atom stereocenters. The van der Waals surface area contributed by atoms with Gasteiger partial charge in [0.25, 0.3) is 0 Å². The van der Waals surface area contributed by atoms with Gasteiger partial charge in [0, 0.05) is 30.6 Å². The average Bonchev–Trinajstić information content (AvgIpc) is 3.05. The summed E-state index contributed by atoms with van der Waals surface area (Å²) in [6.07, 6.45) is 6.32. The van der Waals surface area contributed by atoms with Gasteiger partial charge in [-0.15, -0.1) is 0 Å². The third-order valence-electron chi connectivity index (χ3n) is 3.86. The number of hydrogen-bond donors (Lipinski definition) is 1. The van der Waals surface area contributed by atoms with E-state index in [9.17, 15) is 4.39 Å². The summed E-state index contributed by atoms with van der Waals surface area (Å²) in [7, 11) is 0. The first kappa shape index (κ1) is 14.1. The van der Waals surface area contributed by atoms with Crippen LogP contribution in [0, 0.1) is 5.82 Å². The maximum Gasteiger partial charge on any atom is 0.123 e. The molecule has 0 spiro atoms. The fourth-order valence-electron chi connectivity index (χ4n) is 2.65. The number of hydrogen-bond acceptors (Lipinski definition) is 3. The molecule has 2 heterocycles. The van der Waals surface area contributed by atoms with Crippen LogP contribution in [0.15, 0.2) is 30.7 Å². The summed E-state index contributed by atoms with van der Waals surface area (Å²) in [5, 5.41) is 0. The highest BCUT2D eigenvalue weighted by atomic mass is 19.1. The molecule has 0 saturated heterocycles. The summed E-state index contributed by atoms with van der Waals surface area (Å²) in [4.78, 5) is 4.38. The smallest absolute Gasteiger partial charge is 0.123 e. The van der Waals surface area contributed by atoms with Crippen molar-refractivity contribution in [3.8, 4) is 5.75 Å². The molecule has 2 N–H and O–H groups in total. The van der Waals surface area contributed by atoms with Crippen LogP contribution in [0.5, 0.6) is 5.75 Å². The number of ether oxygens (including phenoxy) is 1. The lowest BCUT2D eigenvalue weighted by molar-refractivity contribution is 0.209. The zero-order valence-electron chi connectivity index (χ0n) is 12.1. The molecule has 1 aromatic carbocycles. The highest BCUT2D eigenvalue weighted by Gasteiger charge is 2.23. The molecule has 112 valence electrons. The lowest BCUT2D eigenvalue weighted by Crippen LogP contribution is -2.22. The van der Waals surface area contributed by atoms with Crippen LogP contribution >= 0.6 is 0 Å². The summed E-state index contributed by atoms with van der Waals surface area (Å²) in [6.45, 7) is 2.79. The van der Waals surface area contributed by atoms with Crippen molar-refractivity contribution in [1.82, 2.24) is 9.55 Å². The van der Waals surface area contributed by atoms with E-state index in [0.29, 0.717) is 6.54 Å². The third-order valence-corrected chi connectivity index (χ3v) is 3.86. The third kappa shape index (κ3) is 3.24. The van der Waals surface area contributed by atoms with Gasteiger partial charge in [0.2, 0.25) is 0 Å². The van der Waals surface area contributed by atoms with E-state index in [0.717, 1.165) is 36.3 Å². The van der Waals surface area contributed by atoms with Gasteiger partial charge in [0.05, 0.1) is 18.6 Å². The molecule has 5 heteroatoms. The molecule has 4 nitrogen and oxygen atoms in total. The van der Waals surface area contributed by atoms with Crippen LogP contribution in [0.4, 0.5) is 4.39 Å². The van der Waals surface area contributed by atoms with Gasteiger partial charge in [-0.05, 0) is 24.6 Å². The Morgan fingerprint density at radius 1 is 1.52 bits per heavy atom. The van der Waals surface area contributed by atoms with Crippen molar-refractivity contribution in [3.63, 3.8) is 0 Å². The number of nitrogens with zero attached hydrogens (tertiary/aromatic N) is 2. The van der Waals surface area contributed by atoms with Gasteiger partial charge in [-0.2, -0.15) is 0 Å². The molecular weight excluding hydrogens is 269 g/mol. The highest BCUT2D eigenvalue weighted by molar-refractivity contribution is 5.37. The summed E-state index contributed by atoms with van der Waals surface area (Å²) in [5.41, 5.74) is 7.88. The van der Waals surface area contributed by atoms with Crippen molar-refractivity contribution in [3.05, 3.63) is 47.8 Å². The molecule has 21 heavy (non-hydrogen) atoms. The first-order chi connectivity index (χ1) is 10.1. The Bertz CT molecular complexity index is 626. The summed E-state index contributed by atoms with van der Waals surface area (Å²) >= 11 is 0. The normalized spacial score (nSPS) is 18.3. The van der Waals surface area contributed by atoms with Crippen molar-refractivity contribution >= 4 is 0 Å². The van der Waals surface area contributed by atoms with E-state index in [1.807, 2.05) is 17.1 Å². The number of halogens is 1. The highest BCUT2D eigenvalue weighted by Crippen LogP contribution is 2.29. The van der Waals surface area contributed by atoms with E-state index in [-0.39, 0.29) is 18.0 Å². The van der Waals surface area contributed by atoms with E-state index < -0.39 is 0 Å². The van der Waals surface area contributed by atoms with Crippen molar-refractivity contribution in [2.45, 2.75) is 44.9 Å². The maximum atomic E-state index is 13.2. The summed E-state index contributed by atoms with van der Waals surface area (Å²) in [6, 6.07) is 4.84. The van der Waals surface area contributed by atoms with Crippen LogP contribution in [0.1, 0.15) is 24.6 Å². The fourth-order valence-corrected chi connectivity index (χ4v) is 2.65. The second-order valence-corrected chi connectivity index (χ2v) is 5.63. The van der Waals surface area contributed by atoms with Gasteiger partial charge in [-0.1, -0.05) is 6.92 Å². The Hall–Kier alpha value is -1.88. The molecule has 0 radical (unpaired) electrons. The maximum absolute atomic E-state index is 13.2. The monoisotopic (exact) mass is 289 g/mol. The first-order valence-corrected chi connectivity index (χ1v) is 7.35. The predicted octanol–water partition coefficient (Wildman–Crippen LogP) is 2.31. The van der Waals surface area contributed by atoms with Gasteiger partial charge in [-0.3, -0.25) is 0 Å². The van der Waals surface area contributed by atoms with E-state index in [1.54, 1.807) is 12.1 Å². The van der Waals surface area contributed by atoms with Crippen molar-refractivity contribution in [2.24, 2.45) is 5.73 Å². The molecule has 0 fully saturated rings. The van der Waals surface area contributed by atoms with Crippen LogP contribution in [0.25, 0.3) is 0 Å². The first-order valence-electron chi connectivity index (χ1n) is 7.35.